The topological polar surface area (TPSA) is 95.1 Å². The van der Waals surface area contributed by atoms with E-state index in [9.17, 15) is 9.59 Å². The first kappa shape index (κ1) is 14.8. The average Bonchev–Trinajstić information content (AvgIpc) is 2.95. The number of H-pyrrole nitrogens is 1. The van der Waals surface area contributed by atoms with Gasteiger partial charge in [0.05, 0.1) is 17.5 Å². The maximum Gasteiger partial charge on any atom is 0.303 e. The molecule has 0 spiro atoms. The second-order valence-corrected chi connectivity index (χ2v) is 4.83. The van der Waals surface area contributed by atoms with E-state index in [1.165, 1.54) is 6.20 Å². The van der Waals surface area contributed by atoms with Gasteiger partial charge in [0.15, 0.2) is 0 Å². The van der Waals surface area contributed by atoms with Crippen molar-refractivity contribution in [2.45, 2.75) is 25.8 Å². The summed E-state index contributed by atoms with van der Waals surface area (Å²) in [7, 11) is 0. The number of nitrogens with zero attached hydrogens (tertiary/aromatic N) is 1. The summed E-state index contributed by atoms with van der Waals surface area (Å²) in [5.74, 6) is -1.13. The van der Waals surface area contributed by atoms with Crippen molar-refractivity contribution < 1.29 is 14.7 Å². The number of carboxylic acid groups (broad SMARTS) is 1. The fourth-order valence-corrected chi connectivity index (χ4v) is 2.00. The van der Waals surface area contributed by atoms with Gasteiger partial charge < -0.3 is 10.4 Å². The van der Waals surface area contributed by atoms with Gasteiger partial charge in [-0.15, -0.1) is 0 Å². The largest absolute Gasteiger partial charge is 0.481 e. The van der Waals surface area contributed by atoms with E-state index in [1.807, 2.05) is 30.3 Å². The van der Waals surface area contributed by atoms with E-state index in [4.69, 9.17) is 5.11 Å². The molecule has 1 aromatic heterocycles. The Bertz CT molecular complexity index is 622. The molecule has 0 radical (unpaired) electrons. The number of carbonyl (C=O) groups excluding carboxylic acids is 1. The maximum absolute atomic E-state index is 12.2. The van der Waals surface area contributed by atoms with Crippen molar-refractivity contribution in [3.05, 3.63) is 42.1 Å². The molecule has 1 aromatic carbocycles. The Kier molecular flexibility index (Phi) is 4.71. The molecule has 2 aromatic rings. The van der Waals surface area contributed by atoms with Crippen LogP contribution in [0.3, 0.4) is 0 Å². The molecular weight excluding hydrogens is 270 g/mol. The number of carbonyl (C=O) groups is 2. The third kappa shape index (κ3) is 3.92. The highest BCUT2D eigenvalue weighted by Crippen LogP contribution is 2.20. The minimum absolute atomic E-state index is 0.0262. The van der Waals surface area contributed by atoms with Gasteiger partial charge in [-0.05, 0) is 13.3 Å². The van der Waals surface area contributed by atoms with Gasteiger partial charge in [-0.2, -0.15) is 5.10 Å². The molecule has 1 atom stereocenters. The van der Waals surface area contributed by atoms with Gasteiger partial charge in [-0.25, -0.2) is 0 Å². The van der Waals surface area contributed by atoms with Crippen LogP contribution in [0.5, 0.6) is 0 Å². The molecule has 110 valence electrons. The van der Waals surface area contributed by atoms with Crippen molar-refractivity contribution in [2.75, 3.05) is 0 Å². The lowest BCUT2D eigenvalue weighted by atomic mass is 10.1. The molecule has 1 unspecified atom stereocenters. The monoisotopic (exact) mass is 287 g/mol. The molecule has 0 fully saturated rings. The van der Waals surface area contributed by atoms with Crippen LogP contribution in [0.1, 0.15) is 30.1 Å². The van der Waals surface area contributed by atoms with Gasteiger partial charge in [0.2, 0.25) is 0 Å². The first-order valence-electron chi connectivity index (χ1n) is 6.69. The molecule has 21 heavy (non-hydrogen) atoms. The predicted octanol–water partition coefficient (Wildman–Crippen LogP) is 2.06. The quantitative estimate of drug-likeness (QED) is 0.757. The molecule has 6 nitrogen and oxygen atoms in total. The van der Waals surface area contributed by atoms with Crippen LogP contribution in [-0.4, -0.2) is 33.2 Å². The summed E-state index contributed by atoms with van der Waals surface area (Å²) in [6.45, 7) is 1.78. The van der Waals surface area contributed by atoms with Crippen LogP contribution >= 0.6 is 0 Å². The van der Waals surface area contributed by atoms with Crippen molar-refractivity contribution in [1.29, 1.82) is 0 Å². The molecule has 0 aliphatic carbocycles. The maximum atomic E-state index is 12.2. The minimum atomic E-state index is -0.871. The van der Waals surface area contributed by atoms with Crippen LogP contribution in [0.15, 0.2) is 36.5 Å². The smallest absolute Gasteiger partial charge is 0.303 e. The Morgan fingerprint density at radius 1 is 1.33 bits per heavy atom. The SMILES string of the molecule is CC(CCC(=O)O)NC(=O)c1cn[nH]c1-c1ccccc1. The molecule has 0 aliphatic rings. The van der Waals surface area contributed by atoms with E-state index in [-0.39, 0.29) is 18.4 Å². The van der Waals surface area contributed by atoms with Gasteiger partial charge >= 0.3 is 5.97 Å². The molecule has 0 aliphatic heterocycles. The number of aliphatic carboxylic acids is 1. The zero-order valence-electron chi connectivity index (χ0n) is 11.7. The zero-order valence-corrected chi connectivity index (χ0v) is 11.7. The molecule has 0 saturated carbocycles. The highest BCUT2D eigenvalue weighted by molar-refractivity contribution is 5.99. The number of rotatable bonds is 6. The Hall–Kier alpha value is -2.63. The van der Waals surface area contributed by atoms with Crippen molar-refractivity contribution in [3.63, 3.8) is 0 Å². The highest BCUT2D eigenvalue weighted by Gasteiger charge is 2.17. The van der Waals surface area contributed by atoms with E-state index < -0.39 is 5.97 Å². The van der Waals surface area contributed by atoms with E-state index in [0.717, 1.165) is 5.56 Å². The average molecular weight is 287 g/mol. The van der Waals surface area contributed by atoms with E-state index >= 15 is 0 Å². The number of aromatic nitrogens is 2. The van der Waals surface area contributed by atoms with E-state index in [1.54, 1.807) is 6.92 Å². The van der Waals surface area contributed by atoms with Crippen LogP contribution in [-0.2, 0) is 4.79 Å². The first-order valence-corrected chi connectivity index (χ1v) is 6.69. The van der Waals surface area contributed by atoms with Gasteiger partial charge in [0.25, 0.3) is 5.91 Å². The van der Waals surface area contributed by atoms with Crippen LogP contribution in [0, 0.1) is 0 Å². The summed E-state index contributed by atoms with van der Waals surface area (Å²) in [5, 5.41) is 18.2. The molecule has 0 saturated heterocycles. The van der Waals surface area contributed by atoms with Crippen molar-refractivity contribution >= 4 is 11.9 Å². The zero-order chi connectivity index (χ0) is 15.2. The van der Waals surface area contributed by atoms with Gasteiger partial charge in [0.1, 0.15) is 0 Å². The number of aromatic amines is 1. The van der Waals surface area contributed by atoms with Crippen molar-refractivity contribution in [1.82, 2.24) is 15.5 Å². The van der Waals surface area contributed by atoms with Crippen molar-refractivity contribution in [3.8, 4) is 11.3 Å². The molecule has 1 amide bonds. The number of hydrogen-bond donors (Lipinski definition) is 3. The lowest BCUT2D eigenvalue weighted by molar-refractivity contribution is -0.137. The van der Waals surface area contributed by atoms with Crippen LogP contribution in [0.4, 0.5) is 0 Å². The summed E-state index contributed by atoms with van der Waals surface area (Å²) in [5.41, 5.74) is 1.97. The molecular formula is C15H17N3O3. The Morgan fingerprint density at radius 2 is 2.05 bits per heavy atom. The lowest BCUT2D eigenvalue weighted by Crippen LogP contribution is -2.33. The third-order valence-corrected chi connectivity index (χ3v) is 3.12. The number of benzene rings is 1. The number of amides is 1. The summed E-state index contributed by atoms with van der Waals surface area (Å²) < 4.78 is 0. The Labute approximate surface area is 122 Å². The molecule has 1 heterocycles. The second-order valence-electron chi connectivity index (χ2n) is 4.83. The Morgan fingerprint density at radius 3 is 2.71 bits per heavy atom. The highest BCUT2D eigenvalue weighted by atomic mass is 16.4. The van der Waals surface area contributed by atoms with Crippen LogP contribution < -0.4 is 5.32 Å². The van der Waals surface area contributed by atoms with Crippen LogP contribution in [0.25, 0.3) is 11.3 Å². The number of hydrogen-bond acceptors (Lipinski definition) is 3. The third-order valence-electron chi connectivity index (χ3n) is 3.12. The molecule has 2 rings (SSSR count). The number of carboxylic acids is 1. The standard InChI is InChI=1S/C15H17N3O3/c1-10(7-8-13(19)20)17-15(21)12-9-16-18-14(12)11-5-3-2-4-6-11/h2-6,9-10H,7-8H2,1H3,(H,16,18)(H,17,21)(H,19,20). The second kappa shape index (κ2) is 6.69. The van der Waals surface area contributed by atoms with Gasteiger partial charge in [-0.3, -0.25) is 14.7 Å². The number of nitrogens with one attached hydrogen (secondary N) is 2. The minimum Gasteiger partial charge on any atom is -0.481 e. The lowest BCUT2D eigenvalue weighted by Gasteiger charge is -2.12. The fourth-order valence-electron chi connectivity index (χ4n) is 2.00. The molecule has 6 heteroatoms. The summed E-state index contributed by atoms with van der Waals surface area (Å²) in [6.07, 6.45) is 1.89. The van der Waals surface area contributed by atoms with Gasteiger partial charge in [-0.1, -0.05) is 30.3 Å². The van der Waals surface area contributed by atoms with Gasteiger partial charge in [0, 0.05) is 18.0 Å². The first-order chi connectivity index (χ1) is 10.1. The Balaban J connectivity index is 2.07. The molecule has 3 N–H and O–H groups in total. The fraction of sp³-hybridized carbons (Fsp3) is 0.267. The summed E-state index contributed by atoms with van der Waals surface area (Å²) in [6, 6.07) is 9.22. The van der Waals surface area contributed by atoms with E-state index in [0.29, 0.717) is 17.7 Å². The molecule has 0 bridgehead atoms. The van der Waals surface area contributed by atoms with Crippen LogP contribution in [0.2, 0.25) is 0 Å². The normalized spacial score (nSPS) is 11.9. The van der Waals surface area contributed by atoms with Crippen molar-refractivity contribution in [2.24, 2.45) is 0 Å². The summed E-state index contributed by atoms with van der Waals surface area (Å²) >= 11 is 0. The predicted molar refractivity (Wildman–Crippen MR) is 77.8 cm³/mol. The van der Waals surface area contributed by atoms with E-state index in [2.05, 4.69) is 15.5 Å². The summed E-state index contributed by atoms with van der Waals surface area (Å²) in [4.78, 5) is 22.8.